The minimum absolute atomic E-state index is 0.00810. The van der Waals surface area contributed by atoms with Crippen molar-refractivity contribution < 1.29 is 14.6 Å². The molecule has 1 fully saturated rings. The van der Waals surface area contributed by atoms with Gasteiger partial charge in [0, 0.05) is 19.7 Å². The lowest BCUT2D eigenvalue weighted by Crippen LogP contribution is -2.36. The zero-order valence-corrected chi connectivity index (χ0v) is 8.69. The van der Waals surface area contributed by atoms with E-state index in [2.05, 4.69) is 5.32 Å². The molecule has 2 atom stereocenters. The second kappa shape index (κ2) is 5.29. The molecule has 1 saturated heterocycles. The molecule has 14 heavy (non-hydrogen) atoms. The highest BCUT2D eigenvalue weighted by Crippen LogP contribution is 2.13. The van der Waals surface area contributed by atoms with Crippen molar-refractivity contribution >= 4 is 5.91 Å². The summed E-state index contributed by atoms with van der Waals surface area (Å²) in [7, 11) is 1.73. The van der Waals surface area contributed by atoms with Gasteiger partial charge in [-0.15, -0.1) is 0 Å². The highest BCUT2D eigenvalue weighted by Gasteiger charge is 2.33. The Morgan fingerprint density at radius 3 is 2.93 bits per heavy atom. The number of ether oxygens (including phenoxy) is 1. The lowest BCUT2D eigenvalue weighted by atomic mass is 10.3. The van der Waals surface area contributed by atoms with E-state index in [-0.39, 0.29) is 12.0 Å². The third kappa shape index (κ3) is 2.67. The summed E-state index contributed by atoms with van der Waals surface area (Å²) >= 11 is 0. The van der Waals surface area contributed by atoms with Gasteiger partial charge in [0.05, 0.1) is 12.6 Å². The molecule has 0 bridgehead atoms. The van der Waals surface area contributed by atoms with Gasteiger partial charge in [-0.3, -0.25) is 4.79 Å². The normalized spacial score (nSPS) is 26.9. The number of carbonyl (C=O) groups excluding carboxylic acids is 1. The SMILES string of the molecule is CCO[C@H]1CN(C(=O)CNC)C[C@@H]1O. The van der Waals surface area contributed by atoms with E-state index >= 15 is 0 Å². The van der Waals surface area contributed by atoms with Gasteiger partial charge in [0.25, 0.3) is 0 Å². The van der Waals surface area contributed by atoms with Crippen LogP contribution >= 0.6 is 0 Å². The summed E-state index contributed by atoms with van der Waals surface area (Å²) in [5.74, 6) is 0.00810. The number of nitrogens with one attached hydrogen (secondary N) is 1. The number of hydrogen-bond donors (Lipinski definition) is 2. The first-order chi connectivity index (χ1) is 6.69. The molecule has 0 aliphatic carbocycles. The van der Waals surface area contributed by atoms with Crippen molar-refractivity contribution in [2.75, 3.05) is 33.3 Å². The summed E-state index contributed by atoms with van der Waals surface area (Å²) in [6, 6.07) is 0. The maximum atomic E-state index is 11.4. The van der Waals surface area contributed by atoms with Crippen molar-refractivity contribution in [3.05, 3.63) is 0 Å². The molecule has 0 aromatic heterocycles. The molecule has 5 heteroatoms. The van der Waals surface area contributed by atoms with E-state index in [1.165, 1.54) is 0 Å². The Morgan fingerprint density at radius 1 is 1.64 bits per heavy atom. The minimum atomic E-state index is -0.546. The van der Waals surface area contributed by atoms with Gasteiger partial charge >= 0.3 is 0 Å². The molecule has 1 amide bonds. The standard InChI is InChI=1S/C9H18N2O3/c1-3-14-8-6-11(5-7(8)12)9(13)4-10-2/h7-8,10,12H,3-6H2,1-2H3/t7-,8-/m0/s1. The lowest BCUT2D eigenvalue weighted by molar-refractivity contribution is -0.129. The fraction of sp³-hybridized carbons (Fsp3) is 0.889. The van der Waals surface area contributed by atoms with Gasteiger partial charge in [0.15, 0.2) is 0 Å². The molecular formula is C9H18N2O3. The number of aliphatic hydroxyl groups is 1. The van der Waals surface area contributed by atoms with E-state index in [1.807, 2.05) is 6.92 Å². The van der Waals surface area contributed by atoms with Gasteiger partial charge in [-0.1, -0.05) is 0 Å². The summed E-state index contributed by atoms with van der Waals surface area (Å²) in [4.78, 5) is 13.1. The molecule has 82 valence electrons. The summed E-state index contributed by atoms with van der Waals surface area (Å²) in [5.41, 5.74) is 0. The Kier molecular flexibility index (Phi) is 4.31. The number of hydrogen-bond acceptors (Lipinski definition) is 4. The van der Waals surface area contributed by atoms with Crippen LogP contribution in [-0.2, 0) is 9.53 Å². The van der Waals surface area contributed by atoms with Crippen molar-refractivity contribution in [2.24, 2.45) is 0 Å². The number of likely N-dealkylation sites (N-methyl/N-ethyl adjacent to an activating group) is 1. The van der Waals surface area contributed by atoms with Crippen LogP contribution in [0.4, 0.5) is 0 Å². The van der Waals surface area contributed by atoms with Gasteiger partial charge < -0.3 is 20.1 Å². The van der Waals surface area contributed by atoms with Crippen LogP contribution in [-0.4, -0.2) is 61.4 Å². The molecular weight excluding hydrogens is 184 g/mol. The van der Waals surface area contributed by atoms with Crippen molar-refractivity contribution in [3.8, 4) is 0 Å². The first kappa shape index (κ1) is 11.4. The van der Waals surface area contributed by atoms with E-state index in [0.29, 0.717) is 26.2 Å². The van der Waals surface area contributed by atoms with Gasteiger partial charge in [-0.25, -0.2) is 0 Å². The largest absolute Gasteiger partial charge is 0.388 e. The third-order valence-electron chi connectivity index (χ3n) is 2.30. The summed E-state index contributed by atoms with van der Waals surface area (Å²) in [6.45, 7) is 3.63. The van der Waals surface area contributed by atoms with Gasteiger partial charge in [0.1, 0.15) is 6.10 Å². The average molecular weight is 202 g/mol. The van der Waals surface area contributed by atoms with E-state index in [9.17, 15) is 9.90 Å². The maximum Gasteiger partial charge on any atom is 0.236 e. The predicted molar refractivity (Wildman–Crippen MR) is 51.9 cm³/mol. The minimum Gasteiger partial charge on any atom is -0.388 e. The number of rotatable bonds is 4. The molecule has 2 N–H and O–H groups in total. The van der Waals surface area contributed by atoms with Crippen LogP contribution in [0.5, 0.6) is 0 Å². The first-order valence-electron chi connectivity index (χ1n) is 4.91. The molecule has 1 rings (SSSR count). The average Bonchev–Trinajstić information content (AvgIpc) is 2.49. The molecule has 0 spiro atoms. The first-order valence-corrected chi connectivity index (χ1v) is 4.91. The van der Waals surface area contributed by atoms with Gasteiger partial charge in [-0.2, -0.15) is 0 Å². The summed E-state index contributed by atoms with van der Waals surface area (Å²) in [6.07, 6.45) is -0.767. The number of β-amino-alcohol motifs (C(OH)–C–C–N with tert-alkyl or cyclic N) is 1. The topological polar surface area (TPSA) is 61.8 Å². The van der Waals surface area contributed by atoms with E-state index < -0.39 is 6.10 Å². The second-order valence-corrected chi connectivity index (χ2v) is 3.39. The van der Waals surface area contributed by atoms with Crippen LogP contribution in [0.1, 0.15) is 6.92 Å². The van der Waals surface area contributed by atoms with Crippen LogP contribution in [0.15, 0.2) is 0 Å². The lowest BCUT2D eigenvalue weighted by Gasteiger charge is -2.15. The number of likely N-dealkylation sites (tertiary alicyclic amines) is 1. The second-order valence-electron chi connectivity index (χ2n) is 3.39. The molecule has 5 nitrogen and oxygen atoms in total. The van der Waals surface area contributed by atoms with Crippen LogP contribution in [0.3, 0.4) is 0 Å². The molecule has 0 aromatic rings. The molecule has 0 unspecified atom stereocenters. The highest BCUT2D eigenvalue weighted by molar-refractivity contribution is 5.78. The van der Waals surface area contributed by atoms with Crippen molar-refractivity contribution in [3.63, 3.8) is 0 Å². The van der Waals surface area contributed by atoms with E-state index in [0.717, 1.165) is 0 Å². The maximum absolute atomic E-state index is 11.4. The highest BCUT2D eigenvalue weighted by atomic mass is 16.5. The van der Waals surface area contributed by atoms with Crippen LogP contribution in [0, 0.1) is 0 Å². The number of aliphatic hydroxyl groups excluding tert-OH is 1. The number of nitrogens with zero attached hydrogens (tertiary/aromatic N) is 1. The van der Waals surface area contributed by atoms with Crippen LogP contribution < -0.4 is 5.32 Å². The smallest absolute Gasteiger partial charge is 0.236 e. The molecule has 1 aliphatic heterocycles. The fourth-order valence-corrected chi connectivity index (χ4v) is 1.60. The Morgan fingerprint density at radius 2 is 2.36 bits per heavy atom. The molecule has 0 radical (unpaired) electrons. The van der Waals surface area contributed by atoms with Gasteiger partial charge in [0.2, 0.25) is 5.91 Å². The van der Waals surface area contributed by atoms with Crippen molar-refractivity contribution in [2.45, 2.75) is 19.1 Å². The Labute approximate surface area is 84.0 Å². The molecule has 0 aromatic carbocycles. The van der Waals surface area contributed by atoms with E-state index in [1.54, 1.807) is 11.9 Å². The number of amides is 1. The Bertz CT molecular complexity index is 198. The summed E-state index contributed by atoms with van der Waals surface area (Å²) < 4.78 is 5.31. The quantitative estimate of drug-likeness (QED) is 0.602. The predicted octanol–water partition coefficient (Wildman–Crippen LogP) is -1.19. The number of carbonyl (C=O) groups is 1. The third-order valence-corrected chi connectivity index (χ3v) is 2.30. The van der Waals surface area contributed by atoms with Crippen molar-refractivity contribution in [1.29, 1.82) is 0 Å². The Balaban J connectivity index is 2.41. The van der Waals surface area contributed by atoms with E-state index in [4.69, 9.17) is 4.74 Å². The fourth-order valence-electron chi connectivity index (χ4n) is 1.60. The molecule has 1 heterocycles. The molecule has 1 aliphatic rings. The van der Waals surface area contributed by atoms with Crippen molar-refractivity contribution in [1.82, 2.24) is 10.2 Å². The zero-order chi connectivity index (χ0) is 10.6. The van der Waals surface area contributed by atoms with Gasteiger partial charge in [-0.05, 0) is 14.0 Å². The van der Waals surface area contributed by atoms with Crippen LogP contribution in [0.25, 0.3) is 0 Å². The zero-order valence-electron chi connectivity index (χ0n) is 8.69. The molecule has 0 saturated carbocycles. The summed E-state index contributed by atoms with van der Waals surface area (Å²) in [5, 5.41) is 12.4. The Hall–Kier alpha value is -0.650. The van der Waals surface area contributed by atoms with Crippen LogP contribution in [0.2, 0.25) is 0 Å². The monoisotopic (exact) mass is 202 g/mol.